The van der Waals surface area contributed by atoms with Crippen molar-refractivity contribution < 1.29 is 14.2 Å². The molecule has 112 valence electrons. The Morgan fingerprint density at radius 2 is 2.10 bits per heavy atom. The zero-order valence-electron chi connectivity index (χ0n) is 12.6. The summed E-state index contributed by atoms with van der Waals surface area (Å²) in [4.78, 5) is 0. The SMILES string of the molecule is COc1cc(-n2ccc3c2CC(C)(C)CC3O)ccc1F. The Labute approximate surface area is 124 Å². The molecule has 1 N–H and O–H groups in total. The number of benzene rings is 1. The number of hydrogen-bond donors (Lipinski definition) is 1. The predicted molar refractivity (Wildman–Crippen MR) is 79.3 cm³/mol. The van der Waals surface area contributed by atoms with E-state index in [4.69, 9.17) is 4.74 Å². The van der Waals surface area contributed by atoms with Crippen molar-refractivity contribution in [2.24, 2.45) is 5.41 Å². The highest BCUT2D eigenvalue weighted by atomic mass is 19.1. The van der Waals surface area contributed by atoms with Crippen LogP contribution < -0.4 is 4.74 Å². The van der Waals surface area contributed by atoms with Crippen LogP contribution in [0.5, 0.6) is 5.75 Å². The molecule has 0 saturated heterocycles. The van der Waals surface area contributed by atoms with Crippen molar-refractivity contribution >= 4 is 0 Å². The quantitative estimate of drug-likeness (QED) is 0.916. The molecule has 0 amide bonds. The molecule has 2 aromatic rings. The van der Waals surface area contributed by atoms with Crippen molar-refractivity contribution in [3.63, 3.8) is 0 Å². The summed E-state index contributed by atoms with van der Waals surface area (Å²) in [7, 11) is 1.46. The third-order valence-electron chi connectivity index (χ3n) is 4.19. The number of nitrogens with zero attached hydrogens (tertiary/aromatic N) is 1. The number of halogens is 1. The highest BCUT2D eigenvalue weighted by Crippen LogP contribution is 2.42. The largest absolute Gasteiger partial charge is 0.494 e. The zero-order valence-corrected chi connectivity index (χ0v) is 12.6. The van der Waals surface area contributed by atoms with Crippen LogP contribution in [0.1, 0.15) is 37.6 Å². The summed E-state index contributed by atoms with van der Waals surface area (Å²) < 4.78 is 20.6. The molecule has 0 aliphatic heterocycles. The second kappa shape index (κ2) is 4.88. The van der Waals surface area contributed by atoms with Crippen LogP contribution in [0, 0.1) is 11.2 Å². The van der Waals surface area contributed by atoms with E-state index in [9.17, 15) is 9.50 Å². The topological polar surface area (TPSA) is 34.4 Å². The Bertz CT molecular complexity index is 675. The van der Waals surface area contributed by atoms with E-state index in [1.165, 1.54) is 13.2 Å². The third-order valence-corrected chi connectivity index (χ3v) is 4.19. The van der Waals surface area contributed by atoms with Crippen molar-refractivity contribution in [3.05, 3.63) is 47.5 Å². The number of ether oxygens (including phenoxy) is 1. The van der Waals surface area contributed by atoms with E-state index in [1.807, 2.05) is 16.8 Å². The molecule has 1 aromatic heterocycles. The molecule has 1 aromatic carbocycles. The summed E-state index contributed by atoms with van der Waals surface area (Å²) >= 11 is 0. The van der Waals surface area contributed by atoms with Crippen molar-refractivity contribution in [1.82, 2.24) is 4.57 Å². The summed E-state index contributed by atoms with van der Waals surface area (Å²) in [6, 6.07) is 6.77. The first-order valence-electron chi connectivity index (χ1n) is 7.13. The highest BCUT2D eigenvalue weighted by molar-refractivity contribution is 5.45. The van der Waals surface area contributed by atoms with Gasteiger partial charge in [-0.2, -0.15) is 0 Å². The smallest absolute Gasteiger partial charge is 0.165 e. The molecule has 0 saturated carbocycles. The first kappa shape index (κ1) is 14.1. The first-order chi connectivity index (χ1) is 9.91. The molecule has 1 aliphatic carbocycles. The van der Waals surface area contributed by atoms with Crippen molar-refractivity contribution in [2.75, 3.05) is 7.11 Å². The fourth-order valence-electron chi connectivity index (χ4n) is 3.17. The highest BCUT2D eigenvalue weighted by Gasteiger charge is 2.33. The number of aromatic nitrogens is 1. The van der Waals surface area contributed by atoms with Gasteiger partial charge in [0.15, 0.2) is 11.6 Å². The number of hydrogen-bond acceptors (Lipinski definition) is 2. The van der Waals surface area contributed by atoms with Gasteiger partial charge >= 0.3 is 0 Å². The average molecular weight is 289 g/mol. The van der Waals surface area contributed by atoms with E-state index >= 15 is 0 Å². The molecule has 0 spiro atoms. The molecule has 0 fully saturated rings. The molecule has 3 nitrogen and oxygen atoms in total. The third kappa shape index (κ3) is 2.44. The Hall–Kier alpha value is -1.81. The van der Waals surface area contributed by atoms with Crippen molar-refractivity contribution in [3.8, 4) is 11.4 Å². The standard InChI is InChI=1S/C17H20FNO2/c1-17(2)9-14-12(15(20)10-17)6-7-19(14)11-4-5-13(18)16(8-11)21-3/h4-8,15,20H,9-10H2,1-3H3. The molecule has 4 heteroatoms. The maximum Gasteiger partial charge on any atom is 0.165 e. The lowest BCUT2D eigenvalue weighted by atomic mass is 9.75. The molecule has 0 radical (unpaired) electrons. The number of methoxy groups -OCH3 is 1. The van der Waals surface area contributed by atoms with Crippen LogP contribution in [0.15, 0.2) is 30.5 Å². The Morgan fingerprint density at radius 3 is 2.81 bits per heavy atom. The van der Waals surface area contributed by atoms with Gasteiger partial charge in [0.05, 0.1) is 13.2 Å². The van der Waals surface area contributed by atoms with Gasteiger partial charge in [0.25, 0.3) is 0 Å². The van der Waals surface area contributed by atoms with Gasteiger partial charge in [0.2, 0.25) is 0 Å². The van der Waals surface area contributed by atoms with Crippen LogP contribution in [0.3, 0.4) is 0 Å². The van der Waals surface area contributed by atoms with Crippen LogP contribution in [-0.2, 0) is 6.42 Å². The summed E-state index contributed by atoms with van der Waals surface area (Å²) in [6.45, 7) is 4.31. The van der Waals surface area contributed by atoms with E-state index in [2.05, 4.69) is 13.8 Å². The molecule has 1 unspecified atom stereocenters. The van der Waals surface area contributed by atoms with E-state index in [0.29, 0.717) is 0 Å². The van der Waals surface area contributed by atoms with E-state index in [1.54, 1.807) is 12.1 Å². The van der Waals surface area contributed by atoms with Crippen LogP contribution in [0.2, 0.25) is 0 Å². The van der Waals surface area contributed by atoms with Crippen LogP contribution >= 0.6 is 0 Å². The van der Waals surface area contributed by atoms with Gasteiger partial charge in [-0.25, -0.2) is 4.39 Å². The van der Waals surface area contributed by atoms with Gasteiger partial charge in [0, 0.05) is 29.2 Å². The number of rotatable bonds is 2. The molecule has 1 heterocycles. The van der Waals surface area contributed by atoms with E-state index in [-0.39, 0.29) is 17.0 Å². The maximum absolute atomic E-state index is 13.6. The first-order valence-corrected chi connectivity index (χ1v) is 7.13. The lowest BCUT2D eigenvalue weighted by Crippen LogP contribution is -2.26. The fraction of sp³-hybridized carbons (Fsp3) is 0.412. The summed E-state index contributed by atoms with van der Waals surface area (Å²) in [5.74, 6) is -0.145. The van der Waals surface area contributed by atoms with Gasteiger partial charge in [-0.15, -0.1) is 0 Å². The number of fused-ring (bicyclic) bond motifs is 1. The predicted octanol–water partition coefficient (Wildman–Crippen LogP) is 3.63. The minimum absolute atomic E-state index is 0.0483. The van der Waals surface area contributed by atoms with E-state index in [0.717, 1.165) is 29.8 Å². The number of aliphatic hydroxyl groups excluding tert-OH is 1. The monoisotopic (exact) mass is 289 g/mol. The summed E-state index contributed by atoms with van der Waals surface area (Å²) in [5.41, 5.74) is 2.96. The van der Waals surface area contributed by atoms with Gasteiger partial charge in [-0.3, -0.25) is 0 Å². The second-order valence-corrected chi connectivity index (χ2v) is 6.47. The minimum Gasteiger partial charge on any atom is -0.494 e. The second-order valence-electron chi connectivity index (χ2n) is 6.47. The number of aliphatic hydroxyl groups is 1. The molecule has 3 rings (SSSR count). The Balaban J connectivity index is 2.09. The lowest BCUT2D eigenvalue weighted by Gasteiger charge is -2.34. The summed E-state index contributed by atoms with van der Waals surface area (Å²) in [5, 5.41) is 10.3. The van der Waals surface area contributed by atoms with Gasteiger partial charge in [-0.1, -0.05) is 13.8 Å². The van der Waals surface area contributed by atoms with Gasteiger partial charge < -0.3 is 14.4 Å². The van der Waals surface area contributed by atoms with Crippen molar-refractivity contribution in [2.45, 2.75) is 32.8 Å². The van der Waals surface area contributed by atoms with Crippen LogP contribution in [0.4, 0.5) is 4.39 Å². The van der Waals surface area contributed by atoms with Crippen LogP contribution in [-0.4, -0.2) is 16.8 Å². The van der Waals surface area contributed by atoms with Gasteiger partial charge in [0.1, 0.15) is 0 Å². The Morgan fingerprint density at radius 1 is 1.33 bits per heavy atom. The summed E-state index contributed by atoms with van der Waals surface area (Å²) in [6.07, 6.45) is 3.14. The minimum atomic E-state index is -0.438. The maximum atomic E-state index is 13.6. The molecular formula is C17H20FNO2. The molecule has 1 aliphatic rings. The molecular weight excluding hydrogens is 269 g/mol. The lowest BCUT2D eigenvalue weighted by molar-refractivity contribution is 0.0987. The van der Waals surface area contributed by atoms with Crippen LogP contribution in [0.25, 0.3) is 5.69 Å². The molecule has 1 atom stereocenters. The Kier molecular flexibility index (Phi) is 3.29. The average Bonchev–Trinajstić information content (AvgIpc) is 2.82. The molecule has 0 bridgehead atoms. The van der Waals surface area contributed by atoms with Gasteiger partial charge in [-0.05, 0) is 36.5 Å². The van der Waals surface area contributed by atoms with Crippen molar-refractivity contribution in [1.29, 1.82) is 0 Å². The van der Waals surface area contributed by atoms with E-state index < -0.39 is 6.10 Å². The normalized spacial score (nSPS) is 20.1. The zero-order chi connectivity index (χ0) is 15.2. The molecule has 21 heavy (non-hydrogen) atoms. The fourth-order valence-corrected chi connectivity index (χ4v) is 3.17.